The van der Waals surface area contributed by atoms with Crippen LogP contribution in [0.2, 0.25) is 0 Å². The second-order valence-corrected chi connectivity index (χ2v) is 3.86. The Bertz CT molecular complexity index is 640. The van der Waals surface area contributed by atoms with Gasteiger partial charge in [0.25, 0.3) is 5.56 Å². The van der Waals surface area contributed by atoms with E-state index >= 15 is 0 Å². The monoisotopic (exact) mass is 264 g/mol. The van der Waals surface area contributed by atoms with E-state index in [-0.39, 0.29) is 12.1 Å². The van der Waals surface area contributed by atoms with E-state index in [2.05, 4.69) is 9.97 Å². The minimum absolute atomic E-state index is 0.0935. The van der Waals surface area contributed by atoms with Crippen LogP contribution < -0.4 is 15.0 Å². The Morgan fingerprint density at radius 2 is 2.00 bits per heavy atom. The average molecular weight is 264 g/mol. The average Bonchev–Trinajstić information content (AvgIpc) is 2.43. The number of hydrogen-bond donors (Lipinski definition) is 1. The third-order valence-corrected chi connectivity index (χ3v) is 2.69. The highest BCUT2D eigenvalue weighted by molar-refractivity contribution is 5.43. The third-order valence-electron chi connectivity index (χ3n) is 2.69. The van der Waals surface area contributed by atoms with Gasteiger partial charge in [-0.15, -0.1) is 0 Å². The number of hydrogen-bond acceptors (Lipinski definition) is 4. The molecule has 0 aliphatic heterocycles. The summed E-state index contributed by atoms with van der Waals surface area (Å²) in [5.41, 5.74) is 0.0936. The normalized spacial score (nSPS) is 10.3. The molecule has 0 saturated heterocycles. The van der Waals surface area contributed by atoms with E-state index in [1.54, 1.807) is 18.2 Å². The second kappa shape index (κ2) is 5.51. The summed E-state index contributed by atoms with van der Waals surface area (Å²) >= 11 is 0. The molecule has 0 saturated carbocycles. The molecule has 0 amide bonds. The van der Waals surface area contributed by atoms with Crippen LogP contribution in [0.1, 0.15) is 11.3 Å². The van der Waals surface area contributed by atoms with Crippen LogP contribution in [0, 0.1) is 5.82 Å². The summed E-state index contributed by atoms with van der Waals surface area (Å²) in [4.78, 5) is 17.1. The highest BCUT2D eigenvalue weighted by Crippen LogP contribution is 2.28. The van der Waals surface area contributed by atoms with Gasteiger partial charge in [-0.25, -0.2) is 4.98 Å². The van der Waals surface area contributed by atoms with Crippen molar-refractivity contribution in [3.63, 3.8) is 0 Å². The third kappa shape index (κ3) is 2.73. The summed E-state index contributed by atoms with van der Waals surface area (Å²) < 4.78 is 23.8. The van der Waals surface area contributed by atoms with Gasteiger partial charge < -0.3 is 14.5 Å². The highest BCUT2D eigenvalue weighted by Gasteiger charge is 2.10. The molecule has 0 bridgehead atoms. The topological polar surface area (TPSA) is 64.2 Å². The molecule has 0 aliphatic rings. The number of benzene rings is 1. The number of rotatable bonds is 4. The van der Waals surface area contributed by atoms with Gasteiger partial charge in [0.2, 0.25) is 5.82 Å². The van der Waals surface area contributed by atoms with Gasteiger partial charge in [-0.2, -0.15) is 4.39 Å². The fraction of sp³-hybridized carbons (Fsp3) is 0.231. The van der Waals surface area contributed by atoms with E-state index in [1.165, 1.54) is 20.5 Å². The summed E-state index contributed by atoms with van der Waals surface area (Å²) in [6, 6.07) is 5.21. The predicted molar refractivity (Wildman–Crippen MR) is 67.2 cm³/mol. The van der Waals surface area contributed by atoms with Crippen LogP contribution in [-0.4, -0.2) is 24.2 Å². The molecule has 2 rings (SSSR count). The first-order valence-electron chi connectivity index (χ1n) is 5.58. The Labute approximate surface area is 109 Å². The lowest BCUT2D eigenvalue weighted by Gasteiger charge is -2.09. The fourth-order valence-corrected chi connectivity index (χ4v) is 1.73. The lowest BCUT2D eigenvalue weighted by molar-refractivity contribution is 0.354. The van der Waals surface area contributed by atoms with E-state index in [1.807, 2.05) is 0 Å². The highest BCUT2D eigenvalue weighted by atomic mass is 19.1. The Hall–Kier alpha value is -2.37. The number of aromatic amines is 1. The Morgan fingerprint density at radius 1 is 1.26 bits per heavy atom. The molecule has 6 heteroatoms. The molecular weight excluding hydrogens is 251 g/mol. The molecule has 5 nitrogen and oxygen atoms in total. The van der Waals surface area contributed by atoms with Crippen LogP contribution in [0.3, 0.4) is 0 Å². The first kappa shape index (κ1) is 13.1. The summed E-state index contributed by atoms with van der Waals surface area (Å²) in [6.07, 6.45) is 1.39. The fourth-order valence-electron chi connectivity index (χ4n) is 1.73. The van der Waals surface area contributed by atoms with Gasteiger partial charge in [0.05, 0.1) is 26.2 Å². The quantitative estimate of drug-likeness (QED) is 0.909. The molecule has 0 atom stereocenters. The van der Waals surface area contributed by atoms with Crippen LogP contribution in [0.15, 0.2) is 29.3 Å². The minimum atomic E-state index is -0.864. The molecule has 1 aromatic heterocycles. The zero-order valence-corrected chi connectivity index (χ0v) is 10.6. The first-order valence-corrected chi connectivity index (χ1v) is 5.58. The van der Waals surface area contributed by atoms with Crippen LogP contribution in [-0.2, 0) is 6.42 Å². The smallest absolute Gasteiger partial charge is 0.287 e. The molecule has 0 aliphatic carbocycles. The Kier molecular flexibility index (Phi) is 3.79. The summed E-state index contributed by atoms with van der Waals surface area (Å²) in [6.45, 7) is 0. The maximum Gasteiger partial charge on any atom is 0.287 e. The number of ether oxygens (including phenoxy) is 2. The van der Waals surface area contributed by atoms with Gasteiger partial charge in [-0.1, -0.05) is 6.07 Å². The largest absolute Gasteiger partial charge is 0.493 e. The number of methoxy groups -OCH3 is 2. The summed E-state index contributed by atoms with van der Waals surface area (Å²) in [5.74, 6) is 0.271. The molecule has 19 heavy (non-hydrogen) atoms. The number of nitrogens with zero attached hydrogens (tertiary/aromatic N) is 1. The van der Waals surface area contributed by atoms with E-state index in [9.17, 15) is 9.18 Å². The van der Waals surface area contributed by atoms with E-state index in [0.29, 0.717) is 11.5 Å². The lowest BCUT2D eigenvalue weighted by atomic mass is 10.1. The number of H-pyrrole nitrogens is 1. The van der Waals surface area contributed by atoms with Gasteiger partial charge in [0.15, 0.2) is 11.5 Å². The van der Waals surface area contributed by atoms with Gasteiger partial charge in [0, 0.05) is 6.42 Å². The van der Waals surface area contributed by atoms with Crippen LogP contribution in [0.5, 0.6) is 11.5 Å². The molecule has 100 valence electrons. The number of aromatic nitrogens is 2. The molecule has 2 aromatic rings. The first-order chi connectivity index (χ1) is 9.15. The second-order valence-electron chi connectivity index (χ2n) is 3.86. The number of nitrogens with one attached hydrogen (secondary N) is 1. The summed E-state index contributed by atoms with van der Waals surface area (Å²) in [7, 11) is 3.06. The van der Waals surface area contributed by atoms with Crippen molar-refractivity contribution in [1.82, 2.24) is 9.97 Å². The van der Waals surface area contributed by atoms with Crippen molar-refractivity contribution in [2.75, 3.05) is 14.2 Å². The van der Waals surface area contributed by atoms with E-state index < -0.39 is 11.4 Å². The Balaban J connectivity index is 2.33. The molecule has 1 N–H and O–H groups in total. The molecule has 0 radical (unpaired) electrons. The van der Waals surface area contributed by atoms with Crippen LogP contribution >= 0.6 is 0 Å². The maximum atomic E-state index is 13.6. The van der Waals surface area contributed by atoms with Crippen molar-refractivity contribution in [3.8, 4) is 11.5 Å². The van der Waals surface area contributed by atoms with Gasteiger partial charge in [-0.3, -0.25) is 4.79 Å². The Morgan fingerprint density at radius 3 is 2.68 bits per heavy atom. The molecule has 0 spiro atoms. The predicted octanol–water partition coefficient (Wildman–Crippen LogP) is 1.52. The van der Waals surface area contributed by atoms with Crippen molar-refractivity contribution in [1.29, 1.82) is 0 Å². The zero-order valence-electron chi connectivity index (χ0n) is 10.6. The lowest BCUT2D eigenvalue weighted by Crippen LogP contribution is -2.15. The zero-order chi connectivity index (χ0) is 13.8. The maximum absolute atomic E-state index is 13.6. The molecular formula is C13H13FN2O3. The van der Waals surface area contributed by atoms with Gasteiger partial charge >= 0.3 is 0 Å². The van der Waals surface area contributed by atoms with Gasteiger partial charge in [-0.05, 0) is 17.7 Å². The van der Waals surface area contributed by atoms with E-state index in [4.69, 9.17) is 9.47 Å². The van der Waals surface area contributed by atoms with Crippen LogP contribution in [0.4, 0.5) is 4.39 Å². The van der Waals surface area contributed by atoms with Crippen molar-refractivity contribution in [3.05, 3.63) is 52.0 Å². The number of halogens is 1. The minimum Gasteiger partial charge on any atom is -0.493 e. The van der Waals surface area contributed by atoms with Crippen molar-refractivity contribution in [2.24, 2.45) is 0 Å². The summed E-state index contributed by atoms with van der Waals surface area (Å²) in [5, 5.41) is 0. The molecule has 0 unspecified atom stereocenters. The van der Waals surface area contributed by atoms with Crippen molar-refractivity contribution >= 4 is 0 Å². The van der Waals surface area contributed by atoms with Crippen LogP contribution in [0.25, 0.3) is 0 Å². The molecule has 0 fully saturated rings. The standard InChI is InChI=1S/C13H13FN2O3/c1-18-10-4-3-8(6-11(10)19-2)5-9-12(14)13(17)16-7-15-9/h3-4,6-7H,5H2,1-2H3,(H,15,16,17). The SMILES string of the molecule is COc1ccc(Cc2nc[nH]c(=O)c2F)cc1OC. The van der Waals surface area contributed by atoms with E-state index in [0.717, 1.165) is 5.56 Å². The molecule has 1 heterocycles. The molecule has 1 aromatic carbocycles. The van der Waals surface area contributed by atoms with Crippen molar-refractivity contribution < 1.29 is 13.9 Å². The van der Waals surface area contributed by atoms with Crippen molar-refractivity contribution in [2.45, 2.75) is 6.42 Å². The van der Waals surface area contributed by atoms with Gasteiger partial charge in [0.1, 0.15) is 0 Å².